The van der Waals surface area contributed by atoms with Crippen LogP contribution >= 0.6 is 0 Å². The smallest absolute Gasteiger partial charge is 0.484 e. The largest absolute Gasteiger partial charge is 2.00 e. The van der Waals surface area contributed by atoms with Gasteiger partial charge in [-0.3, -0.25) is 9.98 Å². The third-order valence-corrected chi connectivity index (χ3v) is 6.38. The Kier molecular flexibility index (Phi) is 13.1. The van der Waals surface area contributed by atoms with Crippen molar-refractivity contribution in [1.29, 1.82) is 0 Å². The Balaban J connectivity index is 0.000000354. The normalized spacial score (nSPS) is 17.5. The van der Waals surface area contributed by atoms with E-state index in [9.17, 15) is 0 Å². The maximum atomic E-state index is 5.91. The van der Waals surface area contributed by atoms with Crippen molar-refractivity contribution in [2.75, 3.05) is 13.2 Å². The summed E-state index contributed by atoms with van der Waals surface area (Å²) < 4.78 is 11.8. The summed E-state index contributed by atoms with van der Waals surface area (Å²) in [4.78, 5) is 9.59. The Labute approximate surface area is 248 Å². The van der Waals surface area contributed by atoms with Crippen molar-refractivity contribution in [3.8, 4) is 11.1 Å². The van der Waals surface area contributed by atoms with Crippen LogP contribution in [0.2, 0.25) is 0 Å². The molecule has 0 aromatic heterocycles. The molecule has 0 amide bonds. The maximum Gasteiger partial charge on any atom is 2.00 e. The number of hydrogen-bond donors (Lipinski definition) is 0. The molecule has 6 rings (SSSR count). The number of rotatable bonds is 5. The van der Waals surface area contributed by atoms with Crippen LogP contribution in [0.4, 0.5) is 0 Å². The van der Waals surface area contributed by atoms with Gasteiger partial charge in [0.15, 0.2) is 11.8 Å². The van der Waals surface area contributed by atoms with Crippen molar-refractivity contribution in [2.24, 2.45) is 21.8 Å². The first-order chi connectivity index (χ1) is 17.5. The molecule has 0 N–H and O–H groups in total. The van der Waals surface area contributed by atoms with Gasteiger partial charge in [0.2, 0.25) is 0 Å². The van der Waals surface area contributed by atoms with Crippen molar-refractivity contribution < 1.29 is 43.6 Å². The Morgan fingerprint density at radius 1 is 0.763 bits per heavy atom. The Morgan fingerprint density at radius 3 is 1.84 bits per heavy atom. The van der Waals surface area contributed by atoms with Crippen LogP contribution in [-0.4, -0.2) is 37.1 Å². The SMILES string of the molecule is CC(C)[C@H]1COC(c2cc[cH-]c2-c2ccc[c-]2C2=N[C@@H](C(C)C)CO2)=N1.[Fe+2].[Fe+2].c1cc[cH-]c1.c1cc[cH-]c1. The van der Waals surface area contributed by atoms with Crippen molar-refractivity contribution in [2.45, 2.75) is 39.8 Å². The molecule has 0 bridgehead atoms. The quantitative estimate of drug-likeness (QED) is 0.182. The van der Waals surface area contributed by atoms with Crippen LogP contribution in [0.15, 0.2) is 107 Å². The van der Waals surface area contributed by atoms with Crippen LogP contribution in [0, 0.1) is 11.8 Å². The zero-order chi connectivity index (χ0) is 25.3. The Hall–Kier alpha value is -2.62. The molecule has 0 unspecified atom stereocenters. The van der Waals surface area contributed by atoms with Gasteiger partial charge in [0.1, 0.15) is 13.2 Å². The van der Waals surface area contributed by atoms with Gasteiger partial charge in [-0.2, -0.15) is 66.7 Å². The van der Waals surface area contributed by atoms with Crippen LogP contribution in [0.1, 0.15) is 38.8 Å². The molecule has 4 aromatic carbocycles. The van der Waals surface area contributed by atoms with E-state index < -0.39 is 0 Å². The van der Waals surface area contributed by atoms with Crippen LogP contribution in [-0.2, 0) is 43.6 Å². The molecule has 0 saturated carbocycles. The predicted octanol–water partition coefficient (Wildman–Crippen LogP) is 7.20. The van der Waals surface area contributed by atoms with Gasteiger partial charge in [-0.05, 0) is 11.8 Å². The standard InChI is InChI=1S/C22H26N2O2.2C5H5.2Fe/c1-13(2)19-11-25-21(23-19)17-9-5-7-15(17)16-8-6-10-18(16)22-24-20(12-26-22)14(3)4;2*1-2-4-5-3-1;;/h5-10,13-14,19-20H,11-12H2,1-4H3;2*1-5H;;/q-2;2*-1;2*+2/t19-,20-;;;;/m1..../s1. The van der Waals surface area contributed by atoms with E-state index in [0.29, 0.717) is 25.0 Å². The minimum atomic E-state index is 0. The van der Waals surface area contributed by atoms with Gasteiger partial charge in [-0.25, -0.2) is 41.5 Å². The molecule has 0 spiro atoms. The number of aliphatic imine (C=N–C) groups is 2. The fraction of sp³-hybridized carbons (Fsp3) is 0.312. The summed E-state index contributed by atoms with van der Waals surface area (Å²) in [6, 6.07) is 33.0. The topological polar surface area (TPSA) is 43.2 Å². The maximum absolute atomic E-state index is 5.91. The number of hydrogen-bond acceptors (Lipinski definition) is 4. The molecule has 0 aliphatic carbocycles. The summed E-state index contributed by atoms with van der Waals surface area (Å²) in [5.74, 6) is 2.47. The molecule has 6 heteroatoms. The van der Waals surface area contributed by atoms with Crippen LogP contribution in [0.5, 0.6) is 0 Å². The van der Waals surface area contributed by atoms with Gasteiger partial charge in [0.05, 0.1) is 12.1 Å². The second-order valence-corrected chi connectivity index (χ2v) is 9.74. The molecular weight excluding hydrogens is 556 g/mol. The summed E-state index contributed by atoms with van der Waals surface area (Å²) in [6.45, 7) is 10.1. The molecule has 4 aromatic rings. The third kappa shape index (κ3) is 8.19. The molecule has 38 heavy (non-hydrogen) atoms. The summed E-state index contributed by atoms with van der Waals surface area (Å²) in [6.07, 6.45) is 0. The zero-order valence-electron chi connectivity index (χ0n) is 22.4. The van der Waals surface area contributed by atoms with Gasteiger partial charge < -0.3 is 9.47 Å². The van der Waals surface area contributed by atoms with E-state index in [2.05, 4.69) is 64.1 Å². The molecule has 0 saturated heterocycles. The van der Waals surface area contributed by atoms with Gasteiger partial charge in [0.25, 0.3) is 0 Å². The van der Waals surface area contributed by atoms with Crippen molar-refractivity contribution in [1.82, 2.24) is 0 Å². The molecule has 202 valence electrons. The van der Waals surface area contributed by atoms with Gasteiger partial charge >= 0.3 is 34.1 Å². The minimum absolute atomic E-state index is 0. The second-order valence-electron chi connectivity index (χ2n) is 9.74. The first kappa shape index (κ1) is 31.6. The Bertz CT molecular complexity index is 1080. The second kappa shape index (κ2) is 15.7. The summed E-state index contributed by atoms with van der Waals surface area (Å²) in [5, 5.41) is 0. The molecular formula is C32H36Fe2N2O2. The van der Waals surface area contributed by atoms with Crippen LogP contribution < -0.4 is 0 Å². The van der Waals surface area contributed by atoms with E-state index in [4.69, 9.17) is 19.5 Å². The third-order valence-electron chi connectivity index (χ3n) is 6.38. The van der Waals surface area contributed by atoms with Gasteiger partial charge in [-0.15, -0.1) is 5.56 Å². The summed E-state index contributed by atoms with van der Waals surface area (Å²) >= 11 is 0. The first-order valence-electron chi connectivity index (χ1n) is 12.8. The summed E-state index contributed by atoms with van der Waals surface area (Å²) in [5.41, 5.74) is 4.37. The van der Waals surface area contributed by atoms with E-state index >= 15 is 0 Å². The molecule has 4 nitrogen and oxygen atoms in total. The predicted molar refractivity (Wildman–Crippen MR) is 149 cm³/mol. The average Bonchev–Trinajstić information content (AvgIpc) is 3.72. The van der Waals surface area contributed by atoms with Crippen LogP contribution in [0.3, 0.4) is 0 Å². The van der Waals surface area contributed by atoms with E-state index in [1.807, 2.05) is 60.7 Å². The number of ether oxygens (including phenoxy) is 2. The molecule has 2 atom stereocenters. The number of nitrogens with zero attached hydrogens (tertiary/aromatic N) is 2. The van der Waals surface area contributed by atoms with Crippen molar-refractivity contribution >= 4 is 11.8 Å². The van der Waals surface area contributed by atoms with Crippen LogP contribution in [0.25, 0.3) is 11.1 Å². The zero-order valence-corrected chi connectivity index (χ0v) is 24.6. The molecule has 2 aliphatic heterocycles. The molecule has 0 radical (unpaired) electrons. The summed E-state index contributed by atoms with van der Waals surface area (Å²) in [7, 11) is 0. The molecule has 2 aliphatic rings. The Morgan fingerprint density at radius 2 is 1.34 bits per heavy atom. The minimum Gasteiger partial charge on any atom is -0.484 e. The molecule has 2 heterocycles. The molecule has 0 fully saturated rings. The van der Waals surface area contributed by atoms with Gasteiger partial charge in [0, 0.05) is 0 Å². The first-order valence-corrected chi connectivity index (χ1v) is 12.8. The monoisotopic (exact) mass is 592 g/mol. The fourth-order valence-corrected chi connectivity index (χ4v) is 4.08. The van der Waals surface area contributed by atoms with Crippen molar-refractivity contribution in [3.05, 3.63) is 108 Å². The van der Waals surface area contributed by atoms with E-state index in [0.717, 1.165) is 34.0 Å². The van der Waals surface area contributed by atoms with E-state index in [1.54, 1.807) is 0 Å². The average molecular weight is 592 g/mol. The van der Waals surface area contributed by atoms with Gasteiger partial charge in [-0.1, -0.05) is 33.3 Å². The van der Waals surface area contributed by atoms with E-state index in [1.165, 1.54) is 0 Å². The van der Waals surface area contributed by atoms with E-state index in [-0.39, 0.29) is 46.2 Å². The van der Waals surface area contributed by atoms with Crippen molar-refractivity contribution in [3.63, 3.8) is 0 Å². The fourth-order valence-electron chi connectivity index (χ4n) is 4.08.